The zero-order valence-electron chi connectivity index (χ0n) is 43.6. The Morgan fingerprint density at radius 2 is 0.971 bits per heavy atom. The molecule has 11 atom stereocenters. The van der Waals surface area contributed by atoms with Gasteiger partial charge in [0.2, 0.25) is 0 Å². The highest BCUT2D eigenvalue weighted by Crippen LogP contribution is 2.57. The third-order valence-electron chi connectivity index (χ3n) is 13.0. The van der Waals surface area contributed by atoms with Crippen molar-refractivity contribution in [1.82, 2.24) is 9.55 Å². The Morgan fingerprint density at radius 3 is 1.33 bits per heavy atom. The third-order valence-corrected chi connectivity index (χ3v) is 15.6. The monoisotopic (exact) mass is 1050 g/mol. The number of phosphoric acid groups is 2. The lowest BCUT2D eigenvalue weighted by Gasteiger charge is -2.41. The Bertz CT molecular complexity index is 1630. The molecule has 0 amide bonds. The summed E-state index contributed by atoms with van der Waals surface area (Å²) < 4.78 is 50.0. The Hall–Kier alpha value is -1.46. The Morgan fingerprint density at radius 1 is 0.586 bits per heavy atom. The first-order valence-corrected chi connectivity index (χ1v) is 29.1. The molecule has 70 heavy (non-hydrogen) atoms. The van der Waals surface area contributed by atoms with E-state index in [1.54, 1.807) is 0 Å². The first kappa shape index (κ1) is 66.6. The van der Waals surface area contributed by atoms with Gasteiger partial charge in [0.1, 0.15) is 42.7 Å². The zero-order chi connectivity index (χ0) is 53.0. The molecule has 2 aliphatic rings. The molecule has 7 N–H and O–H groups in total. The van der Waals surface area contributed by atoms with Crippen LogP contribution in [-0.2, 0) is 32.0 Å². The number of nitrogens with zero attached hydrogens (tertiary/aromatic N) is 3. The summed E-state index contributed by atoms with van der Waals surface area (Å²) in [6.07, 6.45) is 6.28. The van der Waals surface area contributed by atoms with Gasteiger partial charge in [0.05, 0.1) is 65.6 Å². The molecule has 0 aliphatic carbocycles. The number of ether oxygens (including phenoxy) is 2. The molecule has 2 fully saturated rings. The van der Waals surface area contributed by atoms with Gasteiger partial charge in [-0.25, -0.2) is 9.11 Å². The second-order valence-corrected chi connectivity index (χ2v) is 21.8. The fraction of sp³-hybridized carbons (Fsp3) is 0.915. The number of phosphoric ester groups is 2. The molecule has 2 aliphatic heterocycles. The van der Waals surface area contributed by atoms with Crippen LogP contribution in [0.25, 0.3) is 0 Å². The fourth-order valence-electron chi connectivity index (χ4n) is 8.63. The minimum Gasteiger partial charge on any atom is -0.756 e. The predicted octanol–water partition coefficient (Wildman–Crippen LogP) is 3.95. The molecule has 23 heteroatoms. The molecule has 0 aromatic carbocycles. The maximum atomic E-state index is 12.0. The number of aliphatic hydroxyl groups excluding tert-OH is 6. The van der Waals surface area contributed by atoms with Crippen LogP contribution in [0.4, 0.5) is 0 Å². The first-order chi connectivity index (χ1) is 33.1. The van der Waals surface area contributed by atoms with Crippen molar-refractivity contribution in [2.24, 2.45) is 0 Å². The smallest absolute Gasteiger partial charge is 0.330 e. The second-order valence-electron chi connectivity index (χ2n) is 18.9. The van der Waals surface area contributed by atoms with Gasteiger partial charge in [0, 0.05) is 12.3 Å². The molecule has 414 valence electrons. The van der Waals surface area contributed by atoms with Gasteiger partial charge in [-0.05, 0) is 51.4 Å². The number of nitrogens with one attached hydrogen (secondary N) is 1. The fourth-order valence-corrected chi connectivity index (χ4v) is 10.7. The highest BCUT2D eigenvalue weighted by Gasteiger charge is 2.47. The van der Waals surface area contributed by atoms with Crippen molar-refractivity contribution in [3.8, 4) is 0 Å². The number of hydrogen-bond donors (Lipinski definition) is 7. The number of hydrogen-bond acceptors (Lipinski definition) is 17. The van der Waals surface area contributed by atoms with Gasteiger partial charge in [-0.1, -0.05) is 107 Å². The lowest BCUT2D eigenvalue weighted by Crippen LogP contribution is -2.59. The number of H-pyrrole nitrogens is 1. The number of aromatic nitrogens is 2. The van der Waals surface area contributed by atoms with Crippen molar-refractivity contribution in [2.75, 3.05) is 65.6 Å². The summed E-state index contributed by atoms with van der Waals surface area (Å²) in [6, 6.07) is 0.911. The van der Waals surface area contributed by atoms with Crippen LogP contribution in [0.15, 0.2) is 21.9 Å². The molecule has 0 bridgehead atoms. The molecule has 3 unspecified atom stereocenters. The number of quaternary nitrogens is 2. The standard InChI is InChI=1S/2C16H36N.C15H24N2O17P2/c2*1-5-9-13-17(14-10-6-2,15-11-7-3)16-12-8-4;18-3-5-8(20)10(22)12(24)14(32-5)33-36(28,29)34-35(26,27)30-4-6-9(21)11(23)13(31-6)17-2-1-7(19)16-15(17)25/h2*5-16H2,1-4H3;1-2,5-6,8-14,18,20-24H,3-4H2,(H,26,27)(H,28,29)(H,16,19,25)/q2*+1;/p-2/t;;5-,6-,8+,9-,10+,11-,12-,13-,14?/m..1/s1. The van der Waals surface area contributed by atoms with E-state index in [2.05, 4.69) is 68.7 Å². The minimum absolute atomic E-state index is 0.697. The lowest BCUT2D eigenvalue weighted by atomic mass is 10.00. The molecule has 1 aromatic rings. The molecular formula is C47H94N4O17P2. The van der Waals surface area contributed by atoms with Crippen molar-refractivity contribution in [3.05, 3.63) is 33.1 Å². The molecule has 1 aromatic heterocycles. The van der Waals surface area contributed by atoms with Crippen LogP contribution in [0.3, 0.4) is 0 Å². The Balaban J connectivity index is 0.000000602. The van der Waals surface area contributed by atoms with Crippen molar-refractivity contribution in [2.45, 2.75) is 213 Å². The van der Waals surface area contributed by atoms with E-state index in [4.69, 9.17) is 14.6 Å². The normalized spacial score (nSPS) is 25.6. The van der Waals surface area contributed by atoms with E-state index < -0.39 is 95.4 Å². The van der Waals surface area contributed by atoms with Gasteiger partial charge in [-0.3, -0.25) is 28.0 Å². The highest BCUT2D eigenvalue weighted by molar-refractivity contribution is 7.59. The van der Waals surface area contributed by atoms with Crippen molar-refractivity contribution in [1.29, 1.82) is 0 Å². The quantitative estimate of drug-likeness (QED) is 0.0387. The summed E-state index contributed by atoms with van der Waals surface area (Å²) in [5, 5.41) is 58.4. The molecular weight excluding hydrogens is 954 g/mol. The maximum Gasteiger partial charge on any atom is 0.330 e. The molecule has 2 saturated heterocycles. The first-order valence-electron chi connectivity index (χ1n) is 26.1. The van der Waals surface area contributed by atoms with Crippen molar-refractivity contribution in [3.63, 3.8) is 0 Å². The Labute approximate surface area is 417 Å². The van der Waals surface area contributed by atoms with Crippen LogP contribution in [0, 0.1) is 0 Å². The highest BCUT2D eigenvalue weighted by atomic mass is 31.3. The van der Waals surface area contributed by atoms with Gasteiger partial charge in [-0.15, -0.1) is 0 Å². The lowest BCUT2D eigenvalue weighted by molar-refractivity contribution is -0.929. The molecule has 3 heterocycles. The summed E-state index contributed by atoms with van der Waals surface area (Å²) in [7, 11) is -11.7. The maximum absolute atomic E-state index is 12.0. The SMILES string of the molecule is CCCC[N+](CCCC)(CCCC)CCCC.CCCC[N+](CCCC)(CCCC)CCCC.O=c1ccn([C@@H]2O[C@H](COP(=O)([O-])OP(=O)([O-])OC3O[C@H](CO)[C@H](O)[C@H](O)[C@H]3O)[C@@H](O)[C@H]2O)c(=O)[nH]1. The number of aliphatic hydroxyl groups is 6. The summed E-state index contributed by atoms with van der Waals surface area (Å²) in [6.45, 7) is 28.0. The predicted molar refractivity (Wildman–Crippen MR) is 263 cm³/mol. The summed E-state index contributed by atoms with van der Waals surface area (Å²) in [5.74, 6) is 0. The van der Waals surface area contributed by atoms with Gasteiger partial charge in [0.25, 0.3) is 21.2 Å². The van der Waals surface area contributed by atoms with Crippen LogP contribution in [0.2, 0.25) is 0 Å². The largest absolute Gasteiger partial charge is 0.756 e. The number of unbranched alkanes of at least 4 members (excludes halogenated alkanes) is 8. The van der Waals surface area contributed by atoms with Crippen LogP contribution in [-0.4, -0.2) is 164 Å². The topological polar surface area (TPSA) is 303 Å². The molecule has 21 nitrogen and oxygen atoms in total. The summed E-state index contributed by atoms with van der Waals surface area (Å²) >= 11 is 0. The van der Waals surface area contributed by atoms with E-state index in [1.807, 2.05) is 4.98 Å². The van der Waals surface area contributed by atoms with Gasteiger partial charge < -0.3 is 63.4 Å². The summed E-state index contributed by atoms with van der Waals surface area (Å²) in [4.78, 5) is 48.9. The van der Waals surface area contributed by atoms with Crippen LogP contribution in [0.5, 0.6) is 0 Å². The van der Waals surface area contributed by atoms with Crippen molar-refractivity contribution >= 4 is 15.6 Å². The van der Waals surface area contributed by atoms with Gasteiger partial charge >= 0.3 is 5.69 Å². The average molecular weight is 1050 g/mol. The van der Waals surface area contributed by atoms with Gasteiger partial charge in [-0.2, -0.15) is 0 Å². The van der Waals surface area contributed by atoms with Crippen LogP contribution in [0.1, 0.15) is 164 Å². The average Bonchev–Trinajstić information content (AvgIpc) is 3.61. The van der Waals surface area contributed by atoms with Gasteiger partial charge in [0.15, 0.2) is 12.5 Å². The molecule has 3 rings (SSSR count). The van der Waals surface area contributed by atoms with E-state index in [9.17, 15) is 54.0 Å². The third kappa shape index (κ3) is 23.4. The number of rotatable bonds is 33. The minimum atomic E-state index is -5.90. The van der Waals surface area contributed by atoms with E-state index in [1.165, 1.54) is 164 Å². The molecule has 0 saturated carbocycles. The van der Waals surface area contributed by atoms with E-state index in [0.717, 1.165) is 12.3 Å². The van der Waals surface area contributed by atoms with Crippen LogP contribution >= 0.6 is 15.6 Å². The van der Waals surface area contributed by atoms with E-state index >= 15 is 0 Å². The van der Waals surface area contributed by atoms with Crippen LogP contribution < -0.4 is 21.0 Å². The van der Waals surface area contributed by atoms with Crippen molar-refractivity contribution < 1.29 is 81.4 Å². The zero-order valence-corrected chi connectivity index (χ0v) is 45.4. The summed E-state index contributed by atoms with van der Waals surface area (Å²) in [5.41, 5.74) is -1.78. The number of aromatic amines is 1. The Kier molecular flexibility index (Phi) is 33.2. The van der Waals surface area contributed by atoms with E-state index in [-0.39, 0.29) is 0 Å². The molecule has 0 spiro atoms. The van der Waals surface area contributed by atoms with E-state index in [0.29, 0.717) is 4.57 Å². The second kappa shape index (κ2) is 34.9. The molecule has 0 radical (unpaired) electrons.